The number of nitrogens with one attached hydrogen (secondary N) is 1. The van der Waals surface area contributed by atoms with Gasteiger partial charge in [-0.05, 0) is 54.8 Å². The van der Waals surface area contributed by atoms with Crippen molar-refractivity contribution in [3.8, 4) is 0 Å². The molecular weight excluding hydrogens is 376 g/mol. The van der Waals surface area contributed by atoms with Crippen LogP contribution in [0.1, 0.15) is 39.9 Å². The molecule has 0 unspecified atom stereocenters. The van der Waals surface area contributed by atoms with Gasteiger partial charge in [-0.25, -0.2) is 17.9 Å². The molecule has 1 aliphatic heterocycles. The van der Waals surface area contributed by atoms with Crippen molar-refractivity contribution in [2.24, 2.45) is 0 Å². The molecule has 3 rings (SSSR count). The Hall–Kier alpha value is -2.22. The number of hydrogen-bond donors (Lipinski definition) is 1. The van der Waals surface area contributed by atoms with Gasteiger partial charge in [0.15, 0.2) is 0 Å². The molecule has 1 heterocycles. The highest BCUT2D eigenvalue weighted by atomic mass is 32.2. The number of benzene rings is 2. The zero-order valence-corrected chi connectivity index (χ0v) is 16.9. The first-order valence-electron chi connectivity index (χ1n) is 9.40. The van der Waals surface area contributed by atoms with Crippen molar-refractivity contribution < 1.29 is 17.9 Å². The molecule has 2 aromatic carbocycles. The summed E-state index contributed by atoms with van der Waals surface area (Å²) in [6.45, 7) is 3.52. The van der Waals surface area contributed by atoms with Crippen molar-refractivity contribution in [1.82, 2.24) is 9.62 Å². The van der Waals surface area contributed by atoms with E-state index in [0.717, 1.165) is 25.2 Å². The minimum Gasteiger partial charge on any atom is -0.465 e. The third kappa shape index (κ3) is 5.89. The fraction of sp³-hybridized carbons (Fsp3) is 0.381. The first-order valence-corrected chi connectivity index (χ1v) is 11.1. The summed E-state index contributed by atoms with van der Waals surface area (Å²) in [6, 6.07) is 14.4. The summed E-state index contributed by atoms with van der Waals surface area (Å²) >= 11 is 0. The molecule has 150 valence electrons. The molecule has 1 fully saturated rings. The summed E-state index contributed by atoms with van der Waals surface area (Å²) in [5, 5.41) is 0. The quantitative estimate of drug-likeness (QED) is 0.687. The van der Waals surface area contributed by atoms with Crippen LogP contribution in [0, 0.1) is 0 Å². The Labute approximate surface area is 166 Å². The molecule has 1 N–H and O–H groups in total. The Bertz CT molecular complexity index is 887. The molecule has 0 atom stereocenters. The van der Waals surface area contributed by atoms with Gasteiger partial charge in [-0.1, -0.05) is 36.4 Å². The summed E-state index contributed by atoms with van der Waals surface area (Å²) in [4.78, 5) is 13.9. The van der Waals surface area contributed by atoms with Crippen LogP contribution < -0.4 is 4.72 Å². The molecule has 6 nitrogen and oxygen atoms in total. The lowest BCUT2D eigenvalue weighted by Crippen LogP contribution is -2.24. The van der Waals surface area contributed by atoms with Gasteiger partial charge in [0.25, 0.3) is 0 Å². The number of nitrogens with zero attached hydrogens (tertiary/aromatic N) is 1. The fourth-order valence-corrected chi connectivity index (χ4v) is 4.40. The third-order valence-electron chi connectivity index (χ3n) is 4.86. The van der Waals surface area contributed by atoms with E-state index in [4.69, 9.17) is 0 Å². The van der Waals surface area contributed by atoms with Crippen LogP contribution in [0.5, 0.6) is 0 Å². The van der Waals surface area contributed by atoms with Crippen LogP contribution in [0.2, 0.25) is 0 Å². The van der Waals surface area contributed by atoms with E-state index in [1.165, 1.54) is 25.5 Å². The first kappa shape index (κ1) is 20.5. The second kappa shape index (κ2) is 9.32. The molecule has 7 heteroatoms. The Balaban J connectivity index is 1.52. The van der Waals surface area contributed by atoms with Crippen molar-refractivity contribution in [3.05, 3.63) is 70.8 Å². The van der Waals surface area contributed by atoms with Gasteiger partial charge in [0.05, 0.1) is 18.4 Å². The van der Waals surface area contributed by atoms with Crippen molar-refractivity contribution in [2.45, 2.75) is 31.7 Å². The monoisotopic (exact) mass is 402 g/mol. The first-order chi connectivity index (χ1) is 13.4. The molecule has 0 aliphatic carbocycles. The SMILES string of the molecule is COC(=O)c1ccc(CS(=O)(=O)NCc2ccc(CN3CCCC3)cc2)cc1. The Morgan fingerprint density at radius 3 is 2.14 bits per heavy atom. The van der Waals surface area contributed by atoms with Crippen LogP contribution in [-0.2, 0) is 33.6 Å². The molecule has 0 radical (unpaired) electrons. The molecule has 2 aromatic rings. The molecule has 0 amide bonds. The highest BCUT2D eigenvalue weighted by Crippen LogP contribution is 2.14. The summed E-state index contributed by atoms with van der Waals surface area (Å²) in [7, 11) is -2.17. The van der Waals surface area contributed by atoms with E-state index >= 15 is 0 Å². The van der Waals surface area contributed by atoms with Gasteiger partial charge in [0, 0.05) is 13.1 Å². The van der Waals surface area contributed by atoms with Gasteiger partial charge in [0.1, 0.15) is 0 Å². The van der Waals surface area contributed by atoms with E-state index in [0.29, 0.717) is 11.1 Å². The second-order valence-corrected chi connectivity index (χ2v) is 8.88. The van der Waals surface area contributed by atoms with Crippen LogP contribution in [-0.4, -0.2) is 39.5 Å². The van der Waals surface area contributed by atoms with Crippen molar-refractivity contribution in [3.63, 3.8) is 0 Å². The average molecular weight is 403 g/mol. The van der Waals surface area contributed by atoms with Gasteiger partial charge in [-0.3, -0.25) is 4.90 Å². The standard InChI is InChI=1S/C21H26N2O4S/c1-27-21(24)20-10-8-19(9-11-20)16-28(25,26)22-14-17-4-6-18(7-5-17)15-23-12-2-3-13-23/h4-11,22H,2-3,12-16H2,1H3. The zero-order valence-electron chi connectivity index (χ0n) is 16.1. The average Bonchev–Trinajstić information content (AvgIpc) is 3.20. The number of likely N-dealkylation sites (tertiary alicyclic amines) is 1. The molecule has 28 heavy (non-hydrogen) atoms. The predicted molar refractivity (Wildman–Crippen MR) is 108 cm³/mol. The maximum absolute atomic E-state index is 12.3. The minimum atomic E-state index is -3.47. The number of esters is 1. The number of carbonyl (C=O) groups is 1. The summed E-state index contributed by atoms with van der Waals surface area (Å²) in [5.41, 5.74) is 3.18. The molecule has 0 bridgehead atoms. The molecular formula is C21H26N2O4S. The maximum atomic E-state index is 12.3. The van der Waals surface area contributed by atoms with E-state index in [1.54, 1.807) is 24.3 Å². The zero-order chi connectivity index (χ0) is 20.0. The Kier molecular flexibility index (Phi) is 6.83. The largest absolute Gasteiger partial charge is 0.465 e. The van der Waals surface area contributed by atoms with Crippen LogP contribution in [0.15, 0.2) is 48.5 Å². The predicted octanol–water partition coefficient (Wildman–Crippen LogP) is 2.69. The van der Waals surface area contributed by atoms with Gasteiger partial charge >= 0.3 is 5.97 Å². The molecule has 1 saturated heterocycles. The van der Waals surface area contributed by atoms with Crippen LogP contribution in [0.25, 0.3) is 0 Å². The number of carbonyl (C=O) groups excluding carboxylic acids is 1. The fourth-order valence-electron chi connectivity index (χ4n) is 3.28. The smallest absolute Gasteiger partial charge is 0.337 e. The summed E-state index contributed by atoms with van der Waals surface area (Å²) in [5.74, 6) is -0.581. The highest BCUT2D eigenvalue weighted by Gasteiger charge is 2.14. The van der Waals surface area contributed by atoms with Crippen LogP contribution >= 0.6 is 0 Å². The molecule has 0 spiro atoms. The van der Waals surface area contributed by atoms with Crippen molar-refractivity contribution >= 4 is 16.0 Å². The second-order valence-electron chi connectivity index (χ2n) is 7.07. The van der Waals surface area contributed by atoms with Gasteiger partial charge < -0.3 is 4.74 Å². The maximum Gasteiger partial charge on any atom is 0.337 e. The minimum absolute atomic E-state index is 0.137. The Morgan fingerprint density at radius 1 is 0.964 bits per heavy atom. The lowest BCUT2D eigenvalue weighted by Gasteiger charge is -2.14. The molecule has 0 aromatic heterocycles. The number of hydrogen-bond acceptors (Lipinski definition) is 5. The van der Waals surface area contributed by atoms with E-state index in [1.807, 2.05) is 12.1 Å². The molecule has 1 aliphatic rings. The number of rotatable bonds is 8. The van der Waals surface area contributed by atoms with E-state index in [-0.39, 0.29) is 12.3 Å². The van der Waals surface area contributed by atoms with Gasteiger partial charge in [-0.2, -0.15) is 0 Å². The van der Waals surface area contributed by atoms with E-state index in [2.05, 4.69) is 26.5 Å². The lowest BCUT2D eigenvalue weighted by molar-refractivity contribution is 0.0600. The topological polar surface area (TPSA) is 75.7 Å². The van der Waals surface area contributed by atoms with Crippen LogP contribution in [0.3, 0.4) is 0 Å². The number of ether oxygens (including phenoxy) is 1. The number of methoxy groups -OCH3 is 1. The number of sulfonamides is 1. The van der Waals surface area contributed by atoms with E-state index in [9.17, 15) is 13.2 Å². The Morgan fingerprint density at radius 2 is 1.54 bits per heavy atom. The normalized spacial score (nSPS) is 14.9. The molecule has 0 saturated carbocycles. The van der Waals surface area contributed by atoms with E-state index < -0.39 is 16.0 Å². The highest BCUT2D eigenvalue weighted by molar-refractivity contribution is 7.88. The van der Waals surface area contributed by atoms with Crippen molar-refractivity contribution in [2.75, 3.05) is 20.2 Å². The van der Waals surface area contributed by atoms with Crippen molar-refractivity contribution in [1.29, 1.82) is 0 Å². The lowest BCUT2D eigenvalue weighted by atomic mass is 10.1. The van der Waals surface area contributed by atoms with Crippen LogP contribution in [0.4, 0.5) is 0 Å². The summed E-state index contributed by atoms with van der Waals surface area (Å²) in [6.07, 6.45) is 2.54. The van der Waals surface area contributed by atoms with Gasteiger partial charge in [0.2, 0.25) is 10.0 Å². The van der Waals surface area contributed by atoms with Gasteiger partial charge in [-0.15, -0.1) is 0 Å². The third-order valence-corrected chi connectivity index (χ3v) is 6.15. The summed E-state index contributed by atoms with van der Waals surface area (Å²) < 4.78 is 31.9.